The lowest BCUT2D eigenvalue weighted by Gasteiger charge is -2.38. The second-order valence-corrected chi connectivity index (χ2v) is 7.16. The van der Waals surface area contributed by atoms with Crippen LogP contribution in [-0.4, -0.2) is 35.4 Å². The number of hydrogen-bond acceptors (Lipinski definition) is 5. The van der Waals surface area contributed by atoms with Crippen LogP contribution < -0.4 is 15.1 Å². The molecule has 8 heteroatoms. The molecule has 4 rings (SSSR count). The summed E-state index contributed by atoms with van der Waals surface area (Å²) in [5.41, 5.74) is 8.32. The molecular formula is C21H21F3N4O. The van der Waals surface area contributed by atoms with Gasteiger partial charge in [0.2, 0.25) is 0 Å². The topological polar surface area (TPSA) is 40.6 Å². The van der Waals surface area contributed by atoms with Crippen LogP contribution in [0.5, 0.6) is 5.75 Å². The summed E-state index contributed by atoms with van der Waals surface area (Å²) in [5, 5.41) is 2.11. The molecule has 0 fully saturated rings. The first kappa shape index (κ1) is 19.2. The van der Waals surface area contributed by atoms with E-state index in [9.17, 15) is 13.2 Å². The highest BCUT2D eigenvalue weighted by molar-refractivity contribution is 5.81. The van der Waals surface area contributed by atoms with Crippen molar-refractivity contribution < 1.29 is 17.9 Å². The number of aromatic nitrogens is 1. The maximum Gasteiger partial charge on any atom is 0.422 e. The van der Waals surface area contributed by atoms with E-state index in [1.807, 2.05) is 31.5 Å². The predicted octanol–water partition coefficient (Wildman–Crippen LogP) is 4.24. The summed E-state index contributed by atoms with van der Waals surface area (Å²) in [7, 11) is 0. The quantitative estimate of drug-likeness (QED) is 0.828. The zero-order chi connectivity index (χ0) is 20.6. The number of rotatable bonds is 4. The highest BCUT2D eigenvalue weighted by Crippen LogP contribution is 2.35. The molecule has 1 N–H and O–H groups in total. The van der Waals surface area contributed by atoms with Gasteiger partial charge >= 0.3 is 6.18 Å². The van der Waals surface area contributed by atoms with Gasteiger partial charge in [0, 0.05) is 42.1 Å². The smallest absolute Gasteiger partial charge is 0.422 e. The maximum absolute atomic E-state index is 12.3. The van der Waals surface area contributed by atoms with Crippen LogP contribution in [0.1, 0.15) is 18.2 Å². The number of allylic oxidation sites excluding steroid dienone is 1. The molecule has 0 saturated carbocycles. The molecule has 0 saturated heterocycles. The van der Waals surface area contributed by atoms with Crippen LogP contribution >= 0.6 is 0 Å². The molecule has 0 radical (unpaired) electrons. The molecule has 1 atom stereocenters. The second-order valence-electron chi connectivity index (χ2n) is 7.16. The van der Waals surface area contributed by atoms with Crippen LogP contribution in [0.3, 0.4) is 0 Å². The second kappa shape index (κ2) is 7.35. The van der Waals surface area contributed by atoms with Gasteiger partial charge in [-0.3, -0.25) is 9.99 Å². The van der Waals surface area contributed by atoms with E-state index in [2.05, 4.69) is 27.2 Å². The normalized spacial score (nSPS) is 18.7. The van der Waals surface area contributed by atoms with Gasteiger partial charge in [-0.05, 0) is 55.8 Å². The van der Waals surface area contributed by atoms with E-state index in [-0.39, 0.29) is 11.8 Å². The Balaban J connectivity index is 1.57. The molecule has 0 bridgehead atoms. The van der Waals surface area contributed by atoms with Crippen molar-refractivity contribution in [2.75, 3.05) is 18.1 Å². The summed E-state index contributed by atoms with van der Waals surface area (Å²) in [6, 6.07) is 10.9. The molecule has 0 aliphatic carbocycles. The average Bonchev–Trinajstić information content (AvgIpc) is 3.11. The maximum atomic E-state index is 12.3. The van der Waals surface area contributed by atoms with Crippen molar-refractivity contribution in [3.8, 4) is 5.75 Å². The highest BCUT2D eigenvalue weighted by Gasteiger charge is 2.31. The van der Waals surface area contributed by atoms with Gasteiger partial charge in [0.15, 0.2) is 6.61 Å². The van der Waals surface area contributed by atoms with Crippen molar-refractivity contribution in [1.29, 1.82) is 0 Å². The minimum absolute atomic E-state index is 0.188. The van der Waals surface area contributed by atoms with Crippen molar-refractivity contribution >= 4 is 11.3 Å². The van der Waals surface area contributed by atoms with Gasteiger partial charge in [0.1, 0.15) is 5.75 Å². The third-order valence-corrected chi connectivity index (χ3v) is 4.84. The number of nitrogens with one attached hydrogen (secondary N) is 1. The van der Waals surface area contributed by atoms with Crippen molar-refractivity contribution in [3.63, 3.8) is 0 Å². The summed E-state index contributed by atoms with van der Waals surface area (Å²) in [4.78, 5) is 6.35. The van der Waals surface area contributed by atoms with Crippen LogP contribution in [0.25, 0.3) is 5.57 Å². The van der Waals surface area contributed by atoms with Crippen LogP contribution in [0.4, 0.5) is 18.9 Å². The van der Waals surface area contributed by atoms with Crippen molar-refractivity contribution in [2.45, 2.75) is 26.1 Å². The van der Waals surface area contributed by atoms with Gasteiger partial charge in [-0.1, -0.05) is 0 Å². The lowest BCUT2D eigenvalue weighted by atomic mass is 10.0. The number of hydrogen-bond donors (Lipinski definition) is 1. The fraction of sp³-hybridized carbons (Fsp3) is 0.286. The molecule has 2 aliphatic heterocycles. The molecule has 2 aliphatic rings. The number of pyridine rings is 1. The summed E-state index contributed by atoms with van der Waals surface area (Å²) in [6.45, 7) is 3.51. The Morgan fingerprint density at radius 3 is 2.66 bits per heavy atom. The molecule has 2 aromatic rings. The van der Waals surface area contributed by atoms with Crippen LogP contribution in [-0.2, 0) is 0 Å². The molecule has 29 heavy (non-hydrogen) atoms. The molecule has 0 spiro atoms. The van der Waals surface area contributed by atoms with E-state index in [1.54, 1.807) is 30.5 Å². The summed E-state index contributed by atoms with van der Waals surface area (Å²) in [5.74, 6) is 0.195. The number of alkyl halides is 3. The fourth-order valence-electron chi connectivity index (χ4n) is 3.49. The van der Waals surface area contributed by atoms with Gasteiger partial charge in [0.05, 0.1) is 11.7 Å². The molecule has 152 valence electrons. The molecule has 3 heterocycles. The number of nitrogens with zero attached hydrogens (tertiary/aromatic N) is 3. The van der Waals surface area contributed by atoms with Gasteiger partial charge in [-0.15, -0.1) is 0 Å². The zero-order valence-corrected chi connectivity index (χ0v) is 16.1. The molecule has 0 amide bonds. The first-order valence-corrected chi connectivity index (χ1v) is 9.27. The minimum Gasteiger partial charge on any atom is -0.484 e. The number of benzene rings is 1. The number of aryl methyl sites for hydroxylation is 1. The Bertz CT molecular complexity index is 953. The number of halogens is 3. The first-order valence-electron chi connectivity index (χ1n) is 9.27. The van der Waals surface area contributed by atoms with Crippen LogP contribution in [0.2, 0.25) is 0 Å². The fourth-order valence-corrected chi connectivity index (χ4v) is 3.49. The monoisotopic (exact) mass is 402 g/mol. The van der Waals surface area contributed by atoms with E-state index in [1.165, 1.54) is 0 Å². The third-order valence-electron chi connectivity index (χ3n) is 4.84. The minimum atomic E-state index is -4.35. The van der Waals surface area contributed by atoms with Gasteiger partial charge in [-0.2, -0.15) is 13.2 Å². The lowest BCUT2D eigenvalue weighted by Crippen LogP contribution is -2.47. The van der Waals surface area contributed by atoms with E-state index in [0.717, 1.165) is 34.8 Å². The Labute approximate surface area is 167 Å². The van der Waals surface area contributed by atoms with Crippen LogP contribution in [0, 0.1) is 6.92 Å². The Kier molecular flexibility index (Phi) is 4.86. The average molecular weight is 402 g/mol. The van der Waals surface area contributed by atoms with Gasteiger partial charge in [-0.25, -0.2) is 0 Å². The third kappa shape index (κ3) is 4.16. The van der Waals surface area contributed by atoms with Crippen LogP contribution in [0.15, 0.2) is 60.7 Å². The number of anilines is 1. The van der Waals surface area contributed by atoms with Crippen molar-refractivity contribution in [3.05, 3.63) is 71.9 Å². The zero-order valence-electron chi connectivity index (χ0n) is 16.1. The van der Waals surface area contributed by atoms with E-state index in [4.69, 9.17) is 4.74 Å². The number of fused-ring (bicyclic) bond motifs is 1. The van der Waals surface area contributed by atoms with E-state index >= 15 is 0 Å². The summed E-state index contributed by atoms with van der Waals surface area (Å²) in [6.07, 6.45) is 1.47. The van der Waals surface area contributed by atoms with Crippen molar-refractivity contribution in [1.82, 2.24) is 15.4 Å². The van der Waals surface area contributed by atoms with Gasteiger partial charge < -0.3 is 15.1 Å². The molecule has 5 nitrogen and oxygen atoms in total. The van der Waals surface area contributed by atoms with E-state index in [0.29, 0.717) is 0 Å². The van der Waals surface area contributed by atoms with E-state index < -0.39 is 12.8 Å². The Hall–Kier alpha value is -3.16. The van der Waals surface area contributed by atoms with Gasteiger partial charge in [0.25, 0.3) is 0 Å². The number of ether oxygens (including phenoxy) is 1. The Morgan fingerprint density at radius 1 is 1.21 bits per heavy atom. The standard InChI is InChI=1S/C21H21F3N4O/c1-14-9-16(7-8-25-14)19-10-26-28-15(2)11-27(12-20(19)28)17-3-5-18(6-4-17)29-13-21(22,23)24/h3-10,12,15,26H,11,13H2,1-2H3/t15-/m0/s1. The Morgan fingerprint density at radius 2 is 1.97 bits per heavy atom. The lowest BCUT2D eigenvalue weighted by molar-refractivity contribution is -0.153. The molecular weight excluding hydrogens is 381 g/mol. The SMILES string of the molecule is Cc1cc(C2=CNN3C2=CN(c2ccc(OCC(F)(F)F)cc2)C[C@@H]3C)ccn1. The number of hydrazine groups is 1. The molecule has 1 aromatic heterocycles. The summed E-state index contributed by atoms with van der Waals surface area (Å²) < 4.78 is 41.8. The van der Waals surface area contributed by atoms with Crippen molar-refractivity contribution in [2.24, 2.45) is 0 Å². The first-order chi connectivity index (χ1) is 13.8. The molecule has 0 unspecified atom stereocenters. The summed E-state index contributed by atoms with van der Waals surface area (Å²) >= 11 is 0. The predicted molar refractivity (Wildman–Crippen MR) is 105 cm³/mol. The highest BCUT2D eigenvalue weighted by atomic mass is 19.4. The largest absolute Gasteiger partial charge is 0.484 e. The molecule has 1 aromatic carbocycles.